The Morgan fingerprint density at radius 1 is 1.19 bits per heavy atom. The van der Waals surface area contributed by atoms with Gasteiger partial charge in [0.2, 0.25) is 5.95 Å². The normalized spacial score (nSPS) is 16.4. The Morgan fingerprint density at radius 2 is 2.08 bits per heavy atom. The molecule has 3 aromatic rings. The summed E-state index contributed by atoms with van der Waals surface area (Å²) in [5.41, 5.74) is 3.32. The zero-order valence-corrected chi connectivity index (χ0v) is 16.3. The molecule has 0 aliphatic carbocycles. The van der Waals surface area contributed by atoms with E-state index in [1.54, 1.807) is 7.11 Å². The second kappa shape index (κ2) is 9.12. The lowest BCUT2D eigenvalue weighted by Crippen LogP contribution is -2.28. The van der Waals surface area contributed by atoms with Crippen molar-refractivity contribution >= 4 is 42.0 Å². The standard InChI is InChI=1S/C19H22N4O.2ClH/c1-24-16-8-4-7-15(12-16)21-19-22-18(14-6-5-10-20-13-14)17-9-2-3-11-23(17)19;;/h2-4,7-9,11-12,14,20H,5-6,10,13H2,1H3,(H,21,22);2*1H. The third kappa shape index (κ3) is 4.06. The molecule has 2 N–H and O–H groups in total. The van der Waals surface area contributed by atoms with Crippen LogP contribution in [0.1, 0.15) is 24.5 Å². The molecule has 0 spiro atoms. The fourth-order valence-corrected chi connectivity index (χ4v) is 3.37. The van der Waals surface area contributed by atoms with E-state index in [4.69, 9.17) is 9.72 Å². The van der Waals surface area contributed by atoms with Gasteiger partial charge in [-0.2, -0.15) is 0 Å². The van der Waals surface area contributed by atoms with Crippen molar-refractivity contribution in [3.05, 3.63) is 54.4 Å². The zero-order valence-electron chi connectivity index (χ0n) is 14.6. The predicted molar refractivity (Wildman–Crippen MR) is 111 cm³/mol. The number of hydrogen-bond acceptors (Lipinski definition) is 4. The summed E-state index contributed by atoms with van der Waals surface area (Å²) in [5, 5.41) is 6.92. The molecule has 2 aromatic heterocycles. The lowest BCUT2D eigenvalue weighted by Gasteiger charge is -2.21. The molecule has 1 aliphatic rings. The highest BCUT2D eigenvalue weighted by molar-refractivity contribution is 5.85. The fourth-order valence-electron chi connectivity index (χ4n) is 3.37. The van der Waals surface area contributed by atoms with Crippen LogP contribution in [0.4, 0.5) is 11.6 Å². The summed E-state index contributed by atoms with van der Waals surface area (Å²) in [6, 6.07) is 14.2. The zero-order chi connectivity index (χ0) is 16.4. The van der Waals surface area contributed by atoms with Gasteiger partial charge >= 0.3 is 0 Å². The topological polar surface area (TPSA) is 50.6 Å². The van der Waals surface area contributed by atoms with E-state index in [1.807, 2.05) is 30.3 Å². The molecule has 7 heteroatoms. The Labute approximate surface area is 166 Å². The quantitative estimate of drug-likeness (QED) is 0.688. The first-order chi connectivity index (χ1) is 11.8. The van der Waals surface area contributed by atoms with E-state index in [0.29, 0.717) is 5.92 Å². The lowest BCUT2D eigenvalue weighted by atomic mass is 9.95. The summed E-state index contributed by atoms with van der Waals surface area (Å²) in [5.74, 6) is 2.15. The predicted octanol–water partition coefficient (Wildman–Crippen LogP) is 4.40. The van der Waals surface area contributed by atoms with Crippen molar-refractivity contribution in [2.24, 2.45) is 0 Å². The minimum absolute atomic E-state index is 0. The molecule has 0 radical (unpaired) electrons. The number of pyridine rings is 1. The van der Waals surface area contributed by atoms with Crippen molar-refractivity contribution in [3.8, 4) is 5.75 Å². The van der Waals surface area contributed by atoms with Crippen molar-refractivity contribution in [1.82, 2.24) is 14.7 Å². The lowest BCUT2D eigenvalue weighted by molar-refractivity contribution is 0.415. The number of halogens is 2. The van der Waals surface area contributed by atoms with Crippen molar-refractivity contribution in [2.45, 2.75) is 18.8 Å². The number of aromatic nitrogens is 2. The third-order valence-electron chi connectivity index (χ3n) is 4.59. The summed E-state index contributed by atoms with van der Waals surface area (Å²) < 4.78 is 7.43. The van der Waals surface area contributed by atoms with Crippen molar-refractivity contribution in [1.29, 1.82) is 0 Å². The van der Waals surface area contributed by atoms with Gasteiger partial charge in [0.15, 0.2) is 0 Å². The largest absolute Gasteiger partial charge is 0.497 e. The molecular weight excluding hydrogens is 371 g/mol. The van der Waals surface area contributed by atoms with Crippen LogP contribution in [-0.2, 0) is 0 Å². The van der Waals surface area contributed by atoms with Crippen LogP contribution in [0.5, 0.6) is 5.75 Å². The molecule has 1 aromatic carbocycles. The molecule has 4 rings (SSSR count). The minimum atomic E-state index is 0. The summed E-state index contributed by atoms with van der Waals surface area (Å²) in [6.45, 7) is 2.11. The monoisotopic (exact) mass is 394 g/mol. The van der Waals surface area contributed by atoms with Crippen LogP contribution < -0.4 is 15.4 Å². The van der Waals surface area contributed by atoms with Crippen LogP contribution in [0.2, 0.25) is 0 Å². The second-order valence-electron chi connectivity index (χ2n) is 6.18. The fraction of sp³-hybridized carbons (Fsp3) is 0.316. The smallest absolute Gasteiger partial charge is 0.212 e. The number of hydrogen-bond donors (Lipinski definition) is 2. The maximum Gasteiger partial charge on any atom is 0.212 e. The van der Waals surface area contributed by atoms with Gasteiger partial charge in [-0.25, -0.2) is 4.98 Å². The van der Waals surface area contributed by atoms with Crippen LogP contribution in [-0.4, -0.2) is 29.6 Å². The number of fused-ring (bicyclic) bond motifs is 1. The molecular formula is C19H24Cl2N4O. The molecule has 1 aliphatic heterocycles. The molecule has 1 fully saturated rings. The maximum atomic E-state index is 5.30. The number of imidazole rings is 1. The molecule has 0 bridgehead atoms. The van der Waals surface area contributed by atoms with Crippen molar-refractivity contribution < 1.29 is 4.74 Å². The Bertz CT molecular complexity index is 846. The molecule has 0 saturated carbocycles. The summed E-state index contributed by atoms with van der Waals surface area (Å²) in [7, 11) is 1.68. The highest BCUT2D eigenvalue weighted by atomic mass is 35.5. The number of nitrogens with zero attached hydrogens (tertiary/aromatic N) is 2. The first-order valence-electron chi connectivity index (χ1n) is 8.44. The number of ether oxygens (including phenoxy) is 1. The molecule has 1 unspecified atom stereocenters. The molecule has 3 heterocycles. The van der Waals surface area contributed by atoms with Gasteiger partial charge in [0, 0.05) is 30.4 Å². The molecule has 5 nitrogen and oxygen atoms in total. The number of methoxy groups -OCH3 is 1. The SMILES string of the molecule is COc1cccc(Nc2nc(C3CCCNC3)c3ccccn23)c1.Cl.Cl. The van der Waals surface area contributed by atoms with E-state index in [2.05, 4.69) is 33.4 Å². The number of rotatable bonds is 4. The van der Waals surface area contributed by atoms with Gasteiger partial charge in [-0.15, -0.1) is 24.8 Å². The van der Waals surface area contributed by atoms with E-state index in [1.165, 1.54) is 24.1 Å². The van der Waals surface area contributed by atoms with Gasteiger partial charge < -0.3 is 15.4 Å². The molecule has 1 atom stereocenters. The Hall–Kier alpha value is -1.95. The number of benzene rings is 1. The minimum Gasteiger partial charge on any atom is -0.497 e. The Balaban J connectivity index is 0.00000121. The van der Waals surface area contributed by atoms with E-state index < -0.39 is 0 Å². The van der Waals surface area contributed by atoms with Gasteiger partial charge in [-0.1, -0.05) is 12.1 Å². The number of nitrogens with one attached hydrogen (secondary N) is 2. The Kier molecular flexibility index (Phi) is 7.14. The van der Waals surface area contributed by atoms with Crippen LogP contribution in [0, 0.1) is 0 Å². The van der Waals surface area contributed by atoms with Crippen LogP contribution in [0.25, 0.3) is 5.52 Å². The Morgan fingerprint density at radius 3 is 2.85 bits per heavy atom. The second-order valence-corrected chi connectivity index (χ2v) is 6.18. The highest BCUT2D eigenvalue weighted by Crippen LogP contribution is 2.30. The van der Waals surface area contributed by atoms with Crippen LogP contribution in [0.3, 0.4) is 0 Å². The molecule has 0 amide bonds. The van der Waals surface area contributed by atoms with Gasteiger partial charge in [-0.3, -0.25) is 4.40 Å². The molecule has 140 valence electrons. The van der Waals surface area contributed by atoms with E-state index in [0.717, 1.165) is 30.5 Å². The number of piperidine rings is 1. The van der Waals surface area contributed by atoms with Gasteiger partial charge in [0.25, 0.3) is 0 Å². The van der Waals surface area contributed by atoms with Gasteiger partial charge in [-0.05, 0) is 43.7 Å². The first-order valence-corrected chi connectivity index (χ1v) is 8.44. The van der Waals surface area contributed by atoms with E-state index >= 15 is 0 Å². The summed E-state index contributed by atoms with van der Waals surface area (Å²) in [4.78, 5) is 4.93. The van der Waals surface area contributed by atoms with Crippen LogP contribution >= 0.6 is 24.8 Å². The number of anilines is 2. The molecule has 1 saturated heterocycles. The van der Waals surface area contributed by atoms with Crippen molar-refractivity contribution in [2.75, 3.05) is 25.5 Å². The highest BCUT2D eigenvalue weighted by Gasteiger charge is 2.21. The average molecular weight is 395 g/mol. The first kappa shape index (κ1) is 20.4. The summed E-state index contributed by atoms with van der Waals surface area (Å²) in [6.07, 6.45) is 4.45. The van der Waals surface area contributed by atoms with Crippen LogP contribution in [0.15, 0.2) is 48.7 Å². The van der Waals surface area contributed by atoms with E-state index in [-0.39, 0.29) is 24.8 Å². The molecule has 26 heavy (non-hydrogen) atoms. The summed E-state index contributed by atoms with van der Waals surface area (Å²) >= 11 is 0. The van der Waals surface area contributed by atoms with Gasteiger partial charge in [0.1, 0.15) is 5.75 Å². The van der Waals surface area contributed by atoms with Gasteiger partial charge in [0.05, 0.1) is 18.3 Å². The maximum absolute atomic E-state index is 5.30. The average Bonchev–Trinajstić information content (AvgIpc) is 3.01. The van der Waals surface area contributed by atoms with Crippen molar-refractivity contribution in [3.63, 3.8) is 0 Å². The third-order valence-corrected chi connectivity index (χ3v) is 4.59. The van der Waals surface area contributed by atoms with E-state index in [9.17, 15) is 0 Å².